The minimum absolute atomic E-state index is 0.210. The van der Waals surface area contributed by atoms with E-state index in [0.29, 0.717) is 5.69 Å². The Morgan fingerprint density at radius 3 is 2.82 bits per heavy atom. The second-order valence-electron chi connectivity index (χ2n) is 8.43. The van der Waals surface area contributed by atoms with Crippen molar-refractivity contribution in [3.63, 3.8) is 0 Å². The quantitative estimate of drug-likeness (QED) is 0.454. The zero-order valence-corrected chi connectivity index (χ0v) is 19.1. The van der Waals surface area contributed by atoms with Crippen LogP contribution in [0.4, 0.5) is 11.5 Å². The highest BCUT2D eigenvalue weighted by Gasteiger charge is 2.27. The first-order valence-corrected chi connectivity index (χ1v) is 11.5. The van der Waals surface area contributed by atoms with E-state index in [2.05, 4.69) is 48.1 Å². The van der Waals surface area contributed by atoms with E-state index in [4.69, 9.17) is 10.2 Å². The van der Waals surface area contributed by atoms with Gasteiger partial charge in [-0.25, -0.2) is 19.9 Å². The van der Waals surface area contributed by atoms with Crippen LogP contribution < -0.4 is 5.32 Å². The molecule has 0 radical (unpaired) electrons. The Bertz CT molecular complexity index is 1290. The number of aryl methyl sites for hydroxylation is 1. The van der Waals surface area contributed by atoms with E-state index in [-0.39, 0.29) is 6.04 Å². The molecule has 1 N–H and O–H groups in total. The van der Waals surface area contributed by atoms with Crippen LogP contribution in [0.2, 0.25) is 0 Å². The molecule has 0 aliphatic carbocycles. The Morgan fingerprint density at radius 2 is 2.03 bits per heavy atom. The topological polar surface area (TPSA) is 95.6 Å². The van der Waals surface area contributed by atoms with Crippen LogP contribution in [0.5, 0.6) is 0 Å². The van der Waals surface area contributed by atoms with E-state index in [1.165, 1.54) is 18.5 Å². The van der Waals surface area contributed by atoms with Gasteiger partial charge < -0.3 is 9.88 Å². The fourth-order valence-corrected chi connectivity index (χ4v) is 4.50. The molecule has 0 bridgehead atoms. The maximum atomic E-state index is 8.97. The SMILES string of the molecule is Cc1nc(Nc2ccc(C#N)nc2)cc([C@H]2CCCCN2Cc2cccn2-c2ccccn2)n1. The summed E-state index contributed by atoms with van der Waals surface area (Å²) in [5.41, 5.74) is 3.40. The molecule has 4 aromatic rings. The molecule has 1 saturated heterocycles. The molecule has 8 heteroatoms. The monoisotopic (exact) mass is 450 g/mol. The van der Waals surface area contributed by atoms with Gasteiger partial charge in [0.1, 0.15) is 29.2 Å². The summed E-state index contributed by atoms with van der Waals surface area (Å²) < 4.78 is 2.15. The number of hydrogen-bond donors (Lipinski definition) is 1. The highest BCUT2D eigenvalue weighted by molar-refractivity contribution is 5.55. The third-order valence-electron chi connectivity index (χ3n) is 6.06. The summed E-state index contributed by atoms with van der Waals surface area (Å²) in [6.07, 6.45) is 8.94. The van der Waals surface area contributed by atoms with Crippen LogP contribution in [0.3, 0.4) is 0 Å². The summed E-state index contributed by atoms with van der Waals surface area (Å²) in [7, 11) is 0. The molecule has 0 spiro atoms. The zero-order valence-electron chi connectivity index (χ0n) is 19.1. The van der Waals surface area contributed by atoms with Crippen LogP contribution in [-0.4, -0.2) is 35.9 Å². The number of anilines is 2. The molecule has 0 aromatic carbocycles. The first kappa shape index (κ1) is 21.7. The number of nitrogens with zero attached hydrogens (tertiary/aromatic N) is 7. The van der Waals surface area contributed by atoms with Crippen molar-refractivity contribution in [2.45, 2.75) is 38.8 Å². The Labute approximate surface area is 199 Å². The van der Waals surface area contributed by atoms with Crippen LogP contribution in [0.1, 0.15) is 48.2 Å². The van der Waals surface area contributed by atoms with E-state index >= 15 is 0 Å². The predicted octanol–water partition coefficient (Wildman–Crippen LogP) is 4.71. The van der Waals surface area contributed by atoms with Gasteiger partial charge in [0.25, 0.3) is 0 Å². The van der Waals surface area contributed by atoms with Gasteiger partial charge in [-0.2, -0.15) is 5.26 Å². The Hall–Kier alpha value is -4.09. The summed E-state index contributed by atoms with van der Waals surface area (Å²) in [5.74, 6) is 2.39. The van der Waals surface area contributed by atoms with E-state index < -0.39 is 0 Å². The maximum Gasteiger partial charge on any atom is 0.140 e. The van der Waals surface area contributed by atoms with Crippen LogP contribution >= 0.6 is 0 Å². The van der Waals surface area contributed by atoms with Gasteiger partial charge in [0.15, 0.2) is 0 Å². The number of hydrogen-bond acceptors (Lipinski definition) is 7. The van der Waals surface area contributed by atoms with E-state index in [1.54, 1.807) is 12.3 Å². The number of nitrogens with one attached hydrogen (secondary N) is 1. The maximum absolute atomic E-state index is 8.97. The van der Waals surface area contributed by atoms with Crippen LogP contribution in [0.25, 0.3) is 5.82 Å². The Balaban J connectivity index is 1.39. The van der Waals surface area contributed by atoms with Crippen LogP contribution in [-0.2, 0) is 6.54 Å². The van der Waals surface area contributed by atoms with Gasteiger partial charge in [-0.1, -0.05) is 12.5 Å². The van der Waals surface area contributed by atoms with E-state index in [9.17, 15) is 0 Å². The van der Waals surface area contributed by atoms with Crippen LogP contribution in [0.15, 0.2) is 67.1 Å². The number of piperidine rings is 1. The molecule has 1 fully saturated rings. The first-order valence-electron chi connectivity index (χ1n) is 11.5. The molecule has 4 aromatic heterocycles. The number of likely N-dealkylation sites (tertiary alicyclic amines) is 1. The summed E-state index contributed by atoms with van der Waals surface area (Å²) >= 11 is 0. The lowest BCUT2D eigenvalue weighted by Gasteiger charge is -2.35. The molecule has 5 rings (SSSR count). The highest BCUT2D eigenvalue weighted by atomic mass is 15.2. The minimum Gasteiger partial charge on any atom is -0.339 e. The average Bonchev–Trinajstić information content (AvgIpc) is 3.33. The molecule has 1 atom stereocenters. The number of rotatable bonds is 6. The summed E-state index contributed by atoms with van der Waals surface area (Å²) in [6.45, 7) is 3.76. The van der Waals surface area contributed by atoms with Gasteiger partial charge >= 0.3 is 0 Å². The smallest absolute Gasteiger partial charge is 0.140 e. The van der Waals surface area contributed by atoms with Crippen molar-refractivity contribution in [1.29, 1.82) is 5.26 Å². The van der Waals surface area contributed by atoms with Gasteiger partial charge in [0, 0.05) is 30.7 Å². The summed E-state index contributed by atoms with van der Waals surface area (Å²) in [5, 5.41) is 12.3. The number of aromatic nitrogens is 5. The molecule has 0 unspecified atom stereocenters. The molecule has 0 saturated carbocycles. The lowest BCUT2D eigenvalue weighted by molar-refractivity contribution is 0.134. The van der Waals surface area contributed by atoms with Crippen molar-refractivity contribution in [1.82, 2.24) is 29.4 Å². The lowest BCUT2D eigenvalue weighted by atomic mass is 9.98. The number of pyridine rings is 2. The predicted molar refractivity (Wildman–Crippen MR) is 130 cm³/mol. The van der Waals surface area contributed by atoms with Crippen molar-refractivity contribution in [3.8, 4) is 11.9 Å². The van der Waals surface area contributed by atoms with Crippen molar-refractivity contribution < 1.29 is 0 Å². The van der Waals surface area contributed by atoms with Crippen molar-refractivity contribution >= 4 is 11.5 Å². The van der Waals surface area contributed by atoms with Gasteiger partial charge in [0.2, 0.25) is 0 Å². The van der Waals surface area contributed by atoms with Gasteiger partial charge in [-0.15, -0.1) is 0 Å². The zero-order chi connectivity index (χ0) is 23.3. The molecule has 1 aliphatic rings. The number of nitriles is 1. The lowest BCUT2D eigenvalue weighted by Crippen LogP contribution is -2.34. The Morgan fingerprint density at radius 1 is 1.09 bits per heavy atom. The molecule has 34 heavy (non-hydrogen) atoms. The fourth-order valence-electron chi connectivity index (χ4n) is 4.50. The molecular formula is C26H26N8. The van der Waals surface area contributed by atoms with Crippen LogP contribution in [0, 0.1) is 18.3 Å². The Kier molecular flexibility index (Phi) is 6.27. The van der Waals surface area contributed by atoms with Crippen molar-refractivity contribution in [3.05, 3.63) is 90.0 Å². The first-order chi connectivity index (χ1) is 16.7. The van der Waals surface area contributed by atoms with Gasteiger partial charge in [-0.3, -0.25) is 4.90 Å². The standard InChI is InChI=1S/C26H26N8/c1-19-30-23(15-25(31-19)32-21-11-10-20(16-27)29-17-21)24-8-3-5-13-33(24)18-22-7-6-14-34(22)26-9-2-4-12-28-26/h2,4,6-7,9-12,14-15,17,24H,3,5,8,13,18H2,1H3,(H,30,31,32)/t24-/m1/s1. The third-order valence-corrected chi connectivity index (χ3v) is 6.06. The van der Waals surface area contributed by atoms with Gasteiger partial charge in [-0.05, 0) is 62.7 Å². The summed E-state index contributed by atoms with van der Waals surface area (Å²) in [6, 6.07) is 18.0. The molecule has 170 valence electrons. The molecule has 5 heterocycles. The molecular weight excluding hydrogens is 424 g/mol. The van der Waals surface area contributed by atoms with E-state index in [1.807, 2.05) is 49.5 Å². The van der Waals surface area contributed by atoms with Crippen molar-refractivity contribution in [2.75, 3.05) is 11.9 Å². The fraction of sp³-hybridized carbons (Fsp3) is 0.269. The highest BCUT2D eigenvalue weighted by Crippen LogP contribution is 2.32. The minimum atomic E-state index is 0.210. The van der Waals surface area contributed by atoms with Gasteiger partial charge in [0.05, 0.1) is 23.6 Å². The largest absolute Gasteiger partial charge is 0.339 e. The second kappa shape index (κ2) is 9.81. The molecule has 0 amide bonds. The average molecular weight is 451 g/mol. The second-order valence-corrected chi connectivity index (χ2v) is 8.43. The molecule has 1 aliphatic heterocycles. The van der Waals surface area contributed by atoms with E-state index in [0.717, 1.165) is 48.4 Å². The molecule has 8 nitrogen and oxygen atoms in total. The normalized spacial score (nSPS) is 16.2. The third kappa shape index (κ3) is 4.80. The summed E-state index contributed by atoms with van der Waals surface area (Å²) in [4.78, 5) is 20.5. The van der Waals surface area contributed by atoms with Crippen molar-refractivity contribution in [2.24, 2.45) is 0 Å².